The first kappa shape index (κ1) is 28.0. The molecule has 2 rings (SSSR count). The Morgan fingerprint density at radius 3 is 1.32 bits per heavy atom. The molecule has 0 spiro atoms. The molecule has 0 aliphatic heterocycles. The van der Waals surface area contributed by atoms with Gasteiger partial charge in [-0.05, 0) is 36.1 Å². The van der Waals surface area contributed by atoms with Crippen LogP contribution in [0.25, 0.3) is 0 Å². The molecule has 0 N–H and O–H groups in total. The Bertz CT molecular complexity index is 940. The summed E-state index contributed by atoms with van der Waals surface area (Å²) in [4.78, 5) is 14.8. The normalized spacial score (nSPS) is 12.9. The van der Waals surface area contributed by atoms with Crippen LogP contribution in [-0.4, -0.2) is 30.1 Å². The molecule has 10 heteroatoms. The molecule has 34 heavy (non-hydrogen) atoms. The Kier molecular flexibility index (Phi) is 8.67. The second-order valence-corrected chi connectivity index (χ2v) is 11.9. The molecule has 1 amide bonds. The molecule has 0 aromatic heterocycles. The molecule has 0 bridgehead atoms. The molecule has 0 saturated heterocycles. The molecule has 0 unspecified atom stereocenters. The zero-order valence-corrected chi connectivity index (χ0v) is 20.3. The summed E-state index contributed by atoms with van der Waals surface area (Å²) in [7, 11) is -3.89. The summed E-state index contributed by atoms with van der Waals surface area (Å²) in [5.74, 6) is -0.246. The third-order valence-corrected chi connectivity index (χ3v) is 8.09. The highest BCUT2D eigenvalue weighted by molar-refractivity contribution is 7.79. The van der Waals surface area contributed by atoms with Crippen molar-refractivity contribution >= 4 is 23.7 Å². The summed E-state index contributed by atoms with van der Waals surface area (Å²) in [6.07, 6.45) is -9.76. The fraction of sp³-hybridized carbons (Fsp3) is 0.458. The number of hydrogen-bond donors (Lipinski definition) is 0. The van der Waals surface area contributed by atoms with Crippen molar-refractivity contribution < 1.29 is 35.7 Å². The van der Waals surface area contributed by atoms with E-state index in [0.29, 0.717) is 13.1 Å². The quantitative estimate of drug-likeness (QED) is 0.316. The number of nitrogens with zero attached hydrogens (tertiary/aromatic N) is 1. The van der Waals surface area contributed by atoms with Gasteiger partial charge in [0, 0.05) is 23.7 Å². The van der Waals surface area contributed by atoms with Crippen LogP contribution in [0.4, 0.5) is 26.3 Å². The Morgan fingerprint density at radius 2 is 1.06 bits per heavy atom. The minimum Gasteiger partial charge on any atom is -0.342 e. The van der Waals surface area contributed by atoms with E-state index in [4.69, 9.17) is 0 Å². The van der Waals surface area contributed by atoms with Crippen molar-refractivity contribution in [2.24, 2.45) is 11.8 Å². The van der Waals surface area contributed by atoms with Crippen LogP contribution in [-0.2, 0) is 21.7 Å². The van der Waals surface area contributed by atoms with E-state index in [-0.39, 0.29) is 22.4 Å². The molecular formula is C24H28F6NO2P. The van der Waals surface area contributed by atoms with Crippen LogP contribution in [0, 0.1) is 11.8 Å². The molecule has 0 saturated carbocycles. The molecule has 2 aromatic carbocycles. The monoisotopic (exact) mass is 507 g/mol. The van der Waals surface area contributed by atoms with Gasteiger partial charge in [-0.3, -0.25) is 4.79 Å². The van der Waals surface area contributed by atoms with E-state index in [1.54, 1.807) is 4.90 Å². The van der Waals surface area contributed by atoms with Gasteiger partial charge in [0.1, 0.15) is 0 Å². The SMILES string of the molecule is CC(C)CN(CC(C)C)C(=O)CP(=O)(c1ccc(C(F)(F)F)cc1)c1ccc(C(F)(F)F)cc1. The third-order valence-electron chi connectivity index (χ3n) is 5.11. The summed E-state index contributed by atoms with van der Waals surface area (Å²) >= 11 is 0. The second kappa shape index (κ2) is 10.5. The zero-order valence-electron chi connectivity index (χ0n) is 19.4. The standard InChI is InChI=1S/C24H28F6NO2P/c1-16(2)13-31(14-17(3)4)22(32)15-34(33,20-9-5-18(6-10-20)23(25,26)27)21-11-7-19(8-12-21)24(28,29)30/h5-12,16-17H,13-15H2,1-4H3. The van der Waals surface area contributed by atoms with E-state index in [1.807, 2.05) is 27.7 Å². The van der Waals surface area contributed by atoms with Gasteiger partial charge in [0.2, 0.25) is 5.91 Å². The molecule has 0 aliphatic carbocycles. The molecule has 0 aliphatic rings. The van der Waals surface area contributed by atoms with Crippen LogP contribution in [0.15, 0.2) is 48.5 Å². The smallest absolute Gasteiger partial charge is 0.342 e. The van der Waals surface area contributed by atoms with Crippen molar-refractivity contribution in [3.8, 4) is 0 Å². The van der Waals surface area contributed by atoms with Crippen molar-refractivity contribution in [3.05, 3.63) is 59.7 Å². The lowest BCUT2D eigenvalue weighted by atomic mass is 10.1. The third kappa shape index (κ3) is 7.11. The summed E-state index contributed by atoms with van der Waals surface area (Å²) in [5.41, 5.74) is -1.91. The van der Waals surface area contributed by atoms with Gasteiger partial charge in [-0.1, -0.05) is 52.0 Å². The maximum Gasteiger partial charge on any atom is 0.416 e. The first-order valence-corrected chi connectivity index (χ1v) is 12.7. The lowest BCUT2D eigenvalue weighted by Crippen LogP contribution is -2.40. The summed E-state index contributed by atoms with van der Waals surface area (Å²) in [5, 5.41) is -0.0506. The number of benzene rings is 2. The number of rotatable bonds is 8. The molecule has 0 heterocycles. The van der Waals surface area contributed by atoms with E-state index in [0.717, 1.165) is 48.5 Å². The van der Waals surface area contributed by atoms with Gasteiger partial charge in [0.05, 0.1) is 17.3 Å². The lowest BCUT2D eigenvalue weighted by molar-refractivity contribution is -0.138. The van der Waals surface area contributed by atoms with Crippen LogP contribution in [0.2, 0.25) is 0 Å². The number of hydrogen-bond acceptors (Lipinski definition) is 2. The Morgan fingerprint density at radius 1 is 0.735 bits per heavy atom. The van der Waals surface area contributed by atoms with Gasteiger partial charge >= 0.3 is 12.4 Å². The van der Waals surface area contributed by atoms with Crippen LogP contribution in [0.5, 0.6) is 0 Å². The van der Waals surface area contributed by atoms with Crippen molar-refractivity contribution in [1.29, 1.82) is 0 Å². The number of amides is 1. The predicted molar refractivity (Wildman–Crippen MR) is 121 cm³/mol. The van der Waals surface area contributed by atoms with E-state index in [2.05, 4.69) is 0 Å². The van der Waals surface area contributed by atoms with Gasteiger partial charge < -0.3 is 9.46 Å². The van der Waals surface area contributed by atoms with Gasteiger partial charge in [-0.2, -0.15) is 26.3 Å². The lowest BCUT2D eigenvalue weighted by Gasteiger charge is -2.29. The molecule has 188 valence electrons. The van der Waals surface area contributed by atoms with Crippen molar-refractivity contribution in [3.63, 3.8) is 0 Å². The molecule has 3 nitrogen and oxygen atoms in total. The number of halogens is 6. The van der Waals surface area contributed by atoms with Gasteiger partial charge in [0.15, 0.2) is 7.14 Å². The molecular weight excluding hydrogens is 479 g/mol. The van der Waals surface area contributed by atoms with Crippen LogP contribution in [0.1, 0.15) is 38.8 Å². The van der Waals surface area contributed by atoms with E-state index < -0.39 is 42.7 Å². The topological polar surface area (TPSA) is 37.4 Å². The van der Waals surface area contributed by atoms with Crippen LogP contribution >= 0.6 is 7.14 Å². The Balaban J connectivity index is 2.55. The van der Waals surface area contributed by atoms with Gasteiger partial charge in [-0.25, -0.2) is 0 Å². The fourth-order valence-electron chi connectivity index (χ4n) is 3.56. The van der Waals surface area contributed by atoms with E-state index >= 15 is 0 Å². The molecule has 0 fully saturated rings. The molecule has 0 radical (unpaired) electrons. The highest BCUT2D eigenvalue weighted by Crippen LogP contribution is 2.45. The maximum atomic E-state index is 14.2. The number of carbonyl (C=O) groups excluding carboxylic acids is 1. The summed E-state index contributed by atoms with van der Waals surface area (Å²) in [6.45, 7) is 8.41. The highest BCUT2D eigenvalue weighted by atomic mass is 31.2. The molecule has 0 atom stereocenters. The average Bonchev–Trinajstić information content (AvgIpc) is 2.71. The molecule has 2 aromatic rings. The fourth-order valence-corrected chi connectivity index (χ4v) is 6.07. The Hall–Kier alpha value is -2.28. The minimum absolute atomic E-state index is 0.0253. The predicted octanol–water partition coefficient (Wildman–Crippen LogP) is 6.18. The summed E-state index contributed by atoms with van der Waals surface area (Å²) in [6, 6.07) is 7.17. The maximum absolute atomic E-state index is 14.2. The van der Waals surface area contributed by atoms with E-state index in [1.165, 1.54) is 0 Å². The van der Waals surface area contributed by atoms with Crippen molar-refractivity contribution in [2.75, 3.05) is 19.3 Å². The highest BCUT2D eigenvalue weighted by Gasteiger charge is 2.36. The largest absolute Gasteiger partial charge is 0.416 e. The van der Waals surface area contributed by atoms with Crippen LogP contribution in [0.3, 0.4) is 0 Å². The first-order chi connectivity index (χ1) is 15.5. The van der Waals surface area contributed by atoms with Gasteiger partial charge in [-0.15, -0.1) is 0 Å². The number of carbonyl (C=O) groups is 1. The Labute approximate surface area is 195 Å². The number of alkyl halides is 6. The van der Waals surface area contributed by atoms with E-state index in [9.17, 15) is 35.7 Å². The van der Waals surface area contributed by atoms with Crippen molar-refractivity contribution in [1.82, 2.24) is 4.90 Å². The summed E-state index contributed by atoms with van der Waals surface area (Å²) < 4.78 is 92.3. The van der Waals surface area contributed by atoms with Gasteiger partial charge in [0.25, 0.3) is 0 Å². The first-order valence-electron chi connectivity index (χ1n) is 10.8. The van der Waals surface area contributed by atoms with Crippen LogP contribution < -0.4 is 10.6 Å². The zero-order chi connectivity index (χ0) is 25.9. The average molecular weight is 507 g/mol. The minimum atomic E-state index is -4.61. The second-order valence-electron chi connectivity index (χ2n) is 9.07. The van der Waals surface area contributed by atoms with Crippen molar-refractivity contribution in [2.45, 2.75) is 40.0 Å².